The van der Waals surface area contributed by atoms with Crippen LogP contribution in [0.1, 0.15) is 33.6 Å². The Balaban J connectivity index is 4.12. The molecule has 0 saturated carbocycles. The predicted molar refractivity (Wildman–Crippen MR) is 68.2 cm³/mol. The molecule has 0 aromatic rings. The standard InChI is InChI=1S/C12H27N3O/c1-6-12(3,9-13)11(16)14-10(2)7-8-15(4)5/h10H,6-9,13H2,1-5H3,(H,14,16). The molecule has 4 heteroatoms. The number of hydrogen-bond acceptors (Lipinski definition) is 3. The van der Waals surface area contributed by atoms with E-state index in [9.17, 15) is 4.79 Å². The number of nitrogens with zero attached hydrogens (tertiary/aromatic N) is 1. The van der Waals surface area contributed by atoms with Crippen molar-refractivity contribution in [1.82, 2.24) is 10.2 Å². The maximum atomic E-state index is 12.0. The highest BCUT2D eigenvalue weighted by atomic mass is 16.2. The van der Waals surface area contributed by atoms with E-state index in [1.54, 1.807) is 0 Å². The number of nitrogens with one attached hydrogen (secondary N) is 1. The van der Waals surface area contributed by atoms with Crippen LogP contribution in [0.2, 0.25) is 0 Å². The summed E-state index contributed by atoms with van der Waals surface area (Å²) in [5, 5.41) is 3.03. The van der Waals surface area contributed by atoms with E-state index < -0.39 is 5.41 Å². The largest absolute Gasteiger partial charge is 0.353 e. The molecular weight excluding hydrogens is 202 g/mol. The first-order valence-corrected chi connectivity index (χ1v) is 6.01. The normalized spacial score (nSPS) is 16.9. The monoisotopic (exact) mass is 229 g/mol. The fourth-order valence-electron chi connectivity index (χ4n) is 1.32. The minimum atomic E-state index is -0.424. The van der Waals surface area contributed by atoms with Crippen LogP contribution in [0.3, 0.4) is 0 Å². The van der Waals surface area contributed by atoms with Crippen LogP contribution in [-0.4, -0.2) is 44.0 Å². The molecule has 0 aromatic heterocycles. The first-order valence-electron chi connectivity index (χ1n) is 6.01. The van der Waals surface area contributed by atoms with Gasteiger partial charge in [-0.25, -0.2) is 0 Å². The molecule has 16 heavy (non-hydrogen) atoms. The summed E-state index contributed by atoms with van der Waals surface area (Å²) in [5.41, 5.74) is 5.22. The molecule has 4 nitrogen and oxygen atoms in total. The Morgan fingerprint density at radius 3 is 2.44 bits per heavy atom. The highest BCUT2D eigenvalue weighted by Gasteiger charge is 2.30. The van der Waals surface area contributed by atoms with E-state index in [2.05, 4.69) is 10.2 Å². The summed E-state index contributed by atoms with van der Waals surface area (Å²) < 4.78 is 0. The van der Waals surface area contributed by atoms with Gasteiger partial charge in [-0.2, -0.15) is 0 Å². The lowest BCUT2D eigenvalue weighted by Crippen LogP contribution is -2.47. The molecule has 3 N–H and O–H groups in total. The number of carbonyl (C=O) groups excluding carboxylic acids is 1. The van der Waals surface area contributed by atoms with Gasteiger partial charge in [0.15, 0.2) is 0 Å². The van der Waals surface area contributed by atoms with Gasteiger partial charge in [-0.3, -0.25) is 4.79 Å². The number of amides is 1. The molecular formula is C12H27N3O. The van der Waals surface area contributed by atoms with Crippen LogP contribution < -0.4 is 11.1 Å². The Hall–Kier alpha value is -0.610. The van der Waals surface area contributed by atoms with Crippen molar-refractivity contribution < 1.29 is 4.79 Å². The van der Waals surface area contributed by atoms with Gasteiger partial charge in [0.25, 0.3) is 0 Å². The van der Waals surface area contributed by atoms with Gasteiger partial charge in [0.05, 0.1) is 5.41 Å². The maximum Gasteiger partial charge on any atom is 0.227 e. The molecule has 1 amide bonds. The lowest BCUT2D eigenvalue weighted by atomic mass is 9.86. The van der Waals surface area contributed by atoms with Crippen molar-refractivity contribution in [3.05, 3.63) is 0 Å². The van der Waals surface area contributed by atoms with Crippen LogP contribution in [0.4, 0.5) is 0 Å². The van der Waals surface area contributed by atoms with Crippen molar-refractivity contribution in [3.63, 3.8) is 0 Å². The SMILES string of the molecule is CCC(C)(CN)C(=O)NC(C)CCN(C)C. The van der Waals surface area contributed by atoms with Gasteiger partial charge >= 0.3 is 0 Å². The van der Waals surface area contributed by atoms with E-state index in [0.29, 0.717) is 6.54 Å². The molecule has 2 unspecified atom stereocenters. The topological polar surface area (TPSA) is 58.4 Å². The summed E-state index contributed by atoms with van der Waals surface area (Å²) in [4.78, 5) is 14.1. The van der Waals surface area contributed by atoms with Gasteiger partial charge in [0.2, 0.25) is 5.91 Å². The molecule has 0 aliphatic carbocycles. The number of rotatable bonds is 7. The fourth-order valence-corrected chi connectivity index (χ4v) is 1.32. The smallest absolute Gasteiger partial charge is 0.227 e. The molecule has 0 fully saturated rings. The van der Waals surface area contributed by atoms with Gasteiger partial charge in [-0.05, 0) is 47.3 Å². The van der Waals surface area contributed by atoms with Gasteiger partial charge in [-0.15, -0.1) is 0 Å². The quantitative estimate of drug-likeness (QED) is 0.679. The summed E-state index contributed by atoms with van der Waals surface area (Å²) in [6.07, 6.45) is 1.73. The number of hydrogen-bond donors (Lipinski definition) is 2. The third kappa shape index (κ3) is 4.94. The molecule has 0 rings (SSSR count). The molecule has 2 atom stereocenters. The van der Waals surface area contributed by atoms with Crippen LogP contribution in [0.25, 0.3) is 0 Å². The maximum absolute atomic E-state index is 12.0. The van der Waals surface area contributed by atoms with Crippen molar-refractivity contribution in [1.29, 1.82) is 0 Å². The number of carbonyl (C=O) groups is 1. The van der Waals surface area contributed by atoms with E-state index in [-0.39, 0.29) is 11.9 Å². The zero-order valence-corrected chi connectivity index (χ0v) is 11.3. The lowest BCUT2D eigenvalue weighted by molar-refractivity contribution is -0.130. The van der Waals surface area contributed by atoms with Crippen LogP contribution >= 0.6 is 0 Å². The van der Waals surface area contributed by atoms with Crippen LogP contribution in [0.15, 0.2) is 0 Å². The Kier molecular flexibility index (Phi) is 6.60. The fraction of sp³-hybridized carbons (Fsp3) is 0.917. The van der Waals surface area contributed by atoms with E-state index >= 15 is 0 Å². The second-order valence-electron chi connectivity index (χ2n) is 5.08. The van der Waals surface area contributed by atoms with Crippen LogP contribution in [0, 0.1) is 5.41 Å². The highest BCUT2D eigenvalue weighted by Crippen LogP contribution is 2.19. The van der Waals surface area contributed by atoms with E-state index in [4.69, 9.17) is 5.73 Å². The summed E-state index contributed by atoms with van der Waals surface area (Å²) in [6.45, 7) is 7.33. The molecule has 0 spiro atoms. The van der Waals surface area contributed by atoms with Crippen molar-refractivity contribution in [2.75, 3.05) is 27.2 Å². The Labute approximate surface area is 99.6 Å². The second kappa shape index (κ2) is 6.86. The molecule has 0 bridgehead atoms. The summed E-state index contributed by atoms with van der Waals surface area (Å²) in [5.74, 6) is 0.0729. The highest BCUT2D eigenvalue weighted by molar-refractivity contribution is 5.82. The molecule has 0 heterocycles. The third-order valence-corrected chi connectivity index (χ3v) is 3.17. The summed E-state index contributed by atoms with van der Waals surface area (Å²) in [6, 6.07) is 0.201. The van der Waals surface area contributed by atoms with Crippen LogP contribution in [-0.2, 0) is 4.79 Å². The molecule has 0 aromatic carbocycles. The molecule has 0 aliphatic heterocycles. The van der Waals surface area contributed by atoms with E-state index in [0.717, 1.165) is 19.4 Å². The lowest BCUT2D eigenvalue weighted by Gasteiger charge is -2.27. The zero-order chi connectivity index (χ0) is 12.8. The minimum absolute atomic E-state index is 0.0729. The first-order chi connectivity index (χ1) is 7.35. The zero-order valence-electron chi connectivity index (χ0n) is 11.3. The van der Waals surface area contributed by atoms with Crippen molar-refractivity contribution >= 4 is 5.91 Å². The molecule has 0 radical (unpaired) electrons. The van der Waals surface area contributed by atoms with Crippen molar-refractivity contribution in [2.45, 2.75) is 39.7 Å². The second-order valence-corrected chi connectivity index (χ2v) is 5.08. The third-order valence-electron chi connectivity index (χ3n) is 3.17. The molecule has 0 saturated heterocycles. The average molecular weight is 229 g/mol. The Bertz CT molecular complexity index is 212. The Morgan fingerprint density at radius 2 is 2.06 bits per heavy atom. The van der Waals surface area contributed by atoms with Gasteiger partial charge in [-0.1, -0.05) is 6.92 Å². The van der Waals surface area contributed by atoms with E-state index in [1.165, 1.54) is 0 Å². The predicted octanol–water partition coefficient (Wildman–Crippen LogP) is 0.818. The van der Waals surface area contributed by atoms with Gasteiger partial charge < -0.3 is 16.0 Å². The first kappa shape index (κ1) is 15.4. The van der Waals surface area contributed by atoms with Crippen LogP contribution in [0.5, 0.6) is 0 Å². The van der Waals surface area contributed by atoms with Gasteiger partial charge in [0.1, 0.15) is 0 Å². The number of nitrogens with two attached hydrogens (primary N) is 1. The van der Waals surface area contributed by atoms with E-state index in [1.807, 2.05) is 34.9 Å². The Morgan fingerprint density at radius 1 is 1.50 bits per heavy atom. The summed E-state index contributed by atoms with van der Waals surface area (Å²) >= 11 is 0. The van der Waals surface area contributed by atoms with Crippen molar-refractivity contribution in [2.24, 2.45) is 11.1 Å². The minimum Gasteiger partial charge on any atom is -0.353 e. The van der Waals surface area contributed by atoms with Crippen molar-refractivity contribution in [3.8, 4) is 0 Å². The summed E-state index contributed by atoms with van der Waals surface area (Å²) in [7, 11) is 4.06. The molecule has 0 aliphatic rings. The van der Waals surface area contributed by atoms with Gasteiger partial charge in [0, 0.05) is 12.6 Å². The molecule has 96 valence electrons. The average Bonchev–Trinajstić information content (AvgIpc) is 2.25.